The van der Waals surface area contributed by atoms with Crippen LogP contribution in [0.15, 0.2) is 57.9 Å². The maximum absolute atomic E-state index is 12.2. The summed E-state index contributed by atoms with van der Waals surface area (Å²) in [6, 6.07) is 11.8. The zero-order chi connectivity index (χ0) is 20.6. The summed E-state index contributed by atoms with van der Waals surface area (Å²) >= 11 is 0. The Bertz CT molecular complexity index is 1040. The normalized spacial score (nSPS) is 10.5. The third kappa shape index (κ3) is 5.65. The fraction of sp³-hybridized carbons (Fsp3) is 0.238. The van der Waals surface area contributed by atoms with Gasteiger partial charge >= 0.3 is 0 Å². The van der Waals surface area contributed by atoms with E-state index < -0.39 is 0 Å². The van der Waals surface area contributed by atoms with Crippen LogP contribution >= 0.6 is 0 Å². The van der Waals surface area contributed by atoms with Gasteiger partial charge in [-0.2, -0.15) is 0 Å². The molecule has 150 valence electrons. The summed E-state index contributed by atoms with van der Waals surface area (Å²) in [5.74, 6) is 0.230. The van der Waals surface area contributed by atoms with Gasteiger partial charge in [0.1, 0.15) is 5.82 Å². The van der Waals surface area contributed by atoms with Crippen molar-refractivity contribution in [2.45, 2.75) is 26.2 Å². The molecule has 0 aliphatic heterocycles. The Kier molecular flexibility index (Phi) is 6.57. The monoisotopic (exact) mass is 394 g/mol. The van der Waals surface area contributed by atoms with Crippen LogP contribution in [-0.4, -0.2) is 28.3 Å². The number of hydrogen-bond acceptors (Lipinski definition) is 5. The van der Waals surface area contributed by atoms with Crippen molar-refractivity contribution in [1.29, 1.82) is 0 Å². The Hall–Kier alpha value is -3.68. The molecule has 0 aliphatic rings. The molecule has 0 saturated carbocycles. The molecular weight excluding hydrogens is 372 g/mol. The predicted octanol–water partition coefficient (Wildman–Crippen LogP) is 2.74. The number of nitrogens with one attached hydrogen (secondary N) is 3. The zero-order valence-corrected chi connectivity index (χ0v) is 16.0. The Morgan fingerprint density at radius 1 is 1.17 bits per heavy atom. The SMILES string of the molecule is CCc1cc(=O)[nH]c(-c2cccc(NC(=O)CCCNC(=O)c3ccco3)c2)n1. The van der Waals surface area contributed by atoms with Gasteiger partial charge < -0.3 is 20.0 Å². The van der Waals surface area contributed by atoms with Gasteiger partial charge in [0.15, 0.2) is 5.76 Å². The minimum Gasteiger partial charge on any atom is -0.459 e. The summed E-state index contributed by atoms with van der Waals surface area (Å²) in [7, 11) is 0. The van der Waals surface area contributed by atoms with E-state index in [0.29, 0.717) is 42.2 Å². The molecule has 1 aromatic carbocycles. The first-order valence-corrected chi connectivity index (χ1v) is 9.37. The van der Waals surface area contributed by atoms with Crippen LogP contribution in [0.25, 0.3) is 11.4 Å². The average molecular weight is 394 g/mol. The molecule has 8 nitrogen and oxygen atoms in total. The molecule has 0 fully saturated rings. The quantitative estimate of drug-likeness (QED) is 0.508. The highest BCUT2D eigenvalue weighted by Gasteiger charge is 2.09. The molecule has 0 radical (unpaired) electrons. The molecule has 2 heterocycles. The molecule has 0 atom stereocenters. The molecule has 3 N–H and O–H groups in total. The van der Waals surface area contributed by atoms with E-state index in [0.717, 1.165) is 0 Å². The average Bonchev–Trinajstić information content (AvgIpc) is 3.26. The predicted molar refractivity (Wildman–Crippen MR) is 109 cm³/mol. The van der Waals surface area contributed by atoms with Crippen molar-refractivity contribution in [3.63, 3.8) is 0 Å². The summed E-state index contributed by atoms with van der Waals surface area (Å²) in [5.41, 5.74) is 1.81. The fourth-order valence-corrected chi connectivity index (χ4v) is 2.74. The topological polar surface area (TPSA) is 117 Å². The number of carbonyl (C=O) groups is 2. The minimum absolute atomic E-state index is 0.168. The van der Waals surface area contributed by atoms with Gasteiger partial charge in [0, 0.05) is 36.0 Å². The lowest BCUT2D eigenvalue weighted by Crippen LogP contribution is -2.25. The number of benzene rings is 1. The van der Waals surface area contributed by atoms with Gasteiger partial charge in [0.05, 0.1) is 6.26 Å². The summed E-state index contributed by atoms with van der Waals surface area (Å²) in [5, 5.41) is 5.52. The van der Waals surface area contributed by atoms with Gasteiger partial charge in [-0.05, 0) is 37.1 Å². The summed E-state index contributed by atoms with van der Waals surface area (Å²) < 4.78 is 5.00. The lowest BCUT2D eigenvalue weighted by atomic mass is 10.1. The van der Waals surface area contributed by atoms with Crippen LogP contribution in [-0.2, 0) is 11.2 Å². The standard InChI is InChI=1S/C21H22N4O4/c1-2-15-13-19(27)25-20(24-15)14-6-3-7-16(12-14)23-18(26)9-4-10-22-21(28)17-8-5-11-29-17/h3,5-8,11-13H,2,4,9-10H2,1H3,(H,22,28)(H,23,26)(H,24,25,27). The summed E-state index contributed by atoms with van der Waals surface area (Å²) in [6.45, 7) is 2.29. The Morgan fingerprint density at radius 2 is 2.03 bits per heavy atom. The van der Waals surface area contributed by atoms with Gasteiger partial charge in [-0.3, -0.25) is 14.4 Å². The van der Waals surface area contributed by atoms with E-state index in [1.165, 1.54) is 12.3 Å². The number of carbonyl (C=O) groups excluding carboxylic acids is 2. The van der Waals surface area contributed by atoms with E-state index in [1.807, 2.05) is 13.0 Å². The van der Waals surface area contributed by atoms with Crippen LogP contribution in [0.1, 0.15) is 36.0 Å². The number of nitrogens with zero attached hydrogens (tertiary/aromatic N) is 1. The van der Waals surface area contributed by atoms with Crippen LogP contribution in [0.4, 0.5) is 5.69 Å². The molecule has 3 aromatic rings. The van der Waals surface area contributed by atoms with Crippen LogP contribution in [0, 0.1) is 0 Å². The van der Waals surface area contributed by atoms with Crippen molar-refractivity contribution in [1.82, 2.24) is 15.3 Å². The molecule has 29 heavy (non-hydrogen) atoms. The first kappa shape index (κ1) is 20.1. The number of hydrogen-bond donors (Lipinski definition) is 3. The second kappa shape index (κ2) is 9.50. The third-order valence-electron chi connectivity index (χ3n) is 4.19. The highest BCUT2D eigenvalue weighted by molar-refractivity contribution is 5.92. The number of H-pyrrole nitrogens is 1. The highest BCUT2D eigenvalue weighted by atomic mass is 16.3. The van der Waals surface area contributed by atoms with E-state index in [9.17, 15) is 14.4 Å². The first-order valence-electron chi connectivity index (χ1n) is 9.37. The maximum Gasteiger partial charge on any atom is 0.286 e. The molecule has 8 heteroatoms. The molecule has 0 unspecified atom stereocenters. The number of furan rings is 1. The highest BCUT2D eigenvalue weighted by Crippen LogP contribution is 2.19. The van der Waals surface area contributed by atoms with Crippen LogP contribution in [0.5, 0.6) is 0 Å². The lowest BCUT2D eigenvalue weighted by molar-refractivity contribution is -0.116. The van der Waals surface area contributed by atoms with Gasteiger partial charge in [-0.1, -0.05) is 19.1 Å². The smallest absolute Gasteiger partial charge is 0.286 e. The zero-order valence-electron chi connectivity index (χ0n) is 16.0. The van der Waals surface area contributed by atoms with Gasteiger partial charge in [-0.25, -0.2) is 4.98 Å². The Morgan fingerprint density at radius 3 is 2.79 bits per heavy atom. The summed E-state index contributed by atoms with van der Waals surface area (Å²) in [4.78, 5) is 42.8. The van der Waals surface area contributed by atoms with Crippen LogP contribution in [0.2, 0.25) is 0 Å². The minimum atomic E-state index is -0.307. The molecule has 2 amide bonds. The number of anilines is 1. The van der Waals surface area contributed by atoms with E-state index in [4.69, 9.17) is 4.42 Å². The number of aryl methyl sites for hydroxylation is 1. The van der Waals surface area contributed by atoms with Gasteiger partial charge in [-0.15, -0.1) is 0 Å². The van der Waals surface area contributed by atoms with Crippen molar-refractivity contribution >= 4 is 17.5 Å². The second-order valence-corrected chi connectivity index (χ2v) is 6.40. The van der Waals surface area contributed by atoms with E-state index in [2.05, 4.69) is 20.6 Å². The maximum atomic E-state index is 12.2. The largest absolute Gasteiger partial charge is 0.459 e. The van der Waals surface area contributed by atoms with Crippen molar-refractivity contribution in [3.8, 4) is 11.4 Å². The van der Waals surface area contributed by atoms with E-state index in [1.54, 1.807) is 30.3 Å². The van der Waals surface area contributed by atoms with Crippen molar-refractivity contribution < 1.29 is 14.0 Å². The van der Waals surface area contributed by atoms with Crippen molar-refractivity contribution in [3.05, 3.63) is 70.5 Å². The number of amides is 2. The van der Waals surface area contributed by atoms with E-state index in [-0.39, 0.29) is 29.6 Å². The number of aromatic nitrogens is 2. The molecule has 0 aliphatic carbocycles. The van der Waals surface area contributed by atoms with E-state index >= 15 is 0 Å². The fourth-order valence-electron chi connectivity index (χ4n) is 2.74. The Balaban J connectivity index is 1.53. The molecular formula is C21H22N4O4. The van der Waals surface area contributed by atoms with Crippen molar-refractivity contribution in [2.75, 3.05) is 11.9 Å². The lowest BCUT2D eigenvalue weighted by Gasteiger charge is -2.08. The van der Waals surface area contributed by atoms with Crippen LogP contribution < -0.4 is 16.2 Å². The number of aromatic amines is 1. The molecule has 2 aromatic heterocycles. The molecule has 0 spiro atoms. The third-order valence-corrected chi connectivity index (χ3v) is 4.19. The van der Waals surface area contributed by atoms with Gasteiger partial charge in [0.2, 0.25) is 5.91 Å². The summed E-state index contributed by atoms with van der Waals surface area (Å²) in [6.07, 6.45) is 2.83. The second-order valence-electron chi connectivity index (χ2n) is 6.40. The first-order chi connectivity index (χ1) is 14.0. The van der Waals surface area contributed by atoms with Crippen LogP contribution in [0.3, 0.4) is 0 Å². The molecule has 3 rings (SSSR count). The number of rotatable bonds is 8. The van der Waals surface area contributed by atoms with Crippen molar-refractivity contribution in [2.24, 2.45) is 0 Å². The molecule has 0 saturated heterocycles. The molecule has 0 bridgehead atoms. The van der Waals surface area contributed by atoms with Gasteiger partial charge in [0.25, 0.3) is 11.5 Å². The Labute approximate surface area is 167 Å².